The molecule has 3 nitrogen and oxygen atoms in total. The molecule has 1 saturated carbocycles. The van der Waals surface area contributed by atoms with Crippen LogP contribution in [-0.4, -0.2) is 34.6 Å². The van der Waals surface area contributed by atoms with Crippen molar-refractivity contribution in [2.75, 3.05) is 20.1 Å². The van der Waals surface area contributed by atoms with E-state index in [1.165, 1.54) is 53.5 Å². The fraction of sp³-hybridized carbons (Fsp3) is 0.381. The quantitative estimate of drug-likeness (QED) is 0.711. The van der Waals surface area contributed by atoms with Gasteiger partial charge < -0.3 is 9.47 Å². The molecule has 1 aliphatic heterocycles. The topological polar surface area (TPSA) is 21.1 Å². The number of hydrogen-bond donors (Lipinski definition) is 0. The Hall–Kier alpha value is -2.13. The zero-order valence-corrected chi connectivity index (χ0v) is 14.4. The molecule has 2 fully saturated rings. The standard InChI is InChI=1S/C21H23N3/c1-23-6-5-17(12-23)15-3-4-16-11-22-20(8-18(16)7-15)19-9-21(10-19)13-24(2)14-21/h3-8,11-12,19H,9-10,13-14H2,1-2H3. The van der Waals surface area contributed by atoms with Crippen molar-refractivity contribution in [1.82, 2.24) is 14.5 Å². The van der Waals surface area contributed by atoms with E-state index in [4.69, 9.17) is 4.98 Å². The van der Waals surface area contributed by atoms with Gasteiger partial charge in [-0.25, -0.2) is 0 Å². The highest BCUT2D eigenvalue weighted by molar-refractivity contribution is 5.87. The number of pyridine rings is 1. The molecular formula is C21H23N3. The second kappa shape index (κ2) is 4.93. The van der Waals surface area contributed by atoms with Gasteiger partial charge >= 0.3 is 0 Å². The minimum atomic E-state index is 0.613. The zero-order chi connectivity index (χ0) is 16.3. The van der Waals surface area contributed by atoms with Gasteiger partial charge in [0.2, 0.25) is 0 Å². The summed E-state index contributed by atoms with van der Waals surface area (Å²) in [4.78, 5) is 7.19. The number of likely N-dealkylation sites (tertiary alicyclic amines) is 1. The third-order valence-corrected chi connectivity index (χ3v) is 5.90. The summed E-state index contributed by atoms with van der Waals surface area (Å²) in [5.74, 6) is 0.656. The van der Waals surface area contributed by atoms with Gasteiger partial charge in [-0.1, -0.05) is 12.1 Å². The summed E-state index contributed by atoms with van der Waals surface area (Å²) in [7, 11) is 4.29. The van der Waals surface area contributed by atoms with Crippen molar-refractivity contribution < 1.29 is 0 Å². The van der Waals surface area contributed by atoms with E-state index in [0.29, 0.717) is 11.3 Å². The first kappa shape index (κ1) is 14.2. The van der Waals surface area contributed by atoms with Crippen molar-refractivity contribution in [1.29, 1.82) is 0 Å². The van der Waals surface area contributed by atoms with E-state index in [2.05, 4.69) is 72.5 Å². The first-order valence-corrected chi connectivity index (χ1v) is 8.81. The lowest BCUT2D eigenvalue weighted by molar-refractivity contribution is -0.0592. The first-order chi connectivity index (χ1) is 11.6. The molecule has 0 atom stereocenters. The Kier molecular flexibility index (Phi) is 2.93. The molecule has 1 saturated heterocycles. The second-order valence-electron chi connectivity index (χ2n) is 8.01. The van der Waals surface area contributed by atoms with Crippen molar-refractivity contribution in [3.05, 3.63) is 54.6 Å². The highest BCUT2D eigenvalue weighted by atomic mass is 15.2. The van der Waals surface area contributed by atoms with Crippen molar-refractivity contribution in [3.63, 3.8) is 0 Å². The van der Waals surface area contributed by atoms with E-state index in [0.717, 1.165) is 0 Å². The summed E-state index contributed by atoms with van der Waals surface area (Å²) in [6.45, 7) is 2.55. The summed E-state index contributed by atoms with van der Waals surface area (Å²) in [5, 5.41) is 2.55. The van der Waals surface area contributed by atoms with Crippen LogP contribution in [0.5, 0.6) is 0 Å². The fourth-order valence-corrected chi connectivity index (χ4v) is 4.79. The molecule has 1 aromatic carbocycles. The molecule has 3 heterocycles. The number of aryl methyl sites for hydroxylation is 1. The van der Waals surface area contributed by atoms with E-state index in [-0.39, 0.29) is 0 Å². The summed E-state index contributed by atoms with van der Waals surface area (Å²) in [5.41, 5.74) is 4.46. The minimum absolute atomic E-state index is 0.613. The van der Waals surface area contributed by atoms with Gasteiger partial charge in [0.05, 0.1) is 0 Å². The van der Waals surface area contributed by atoms with Crippen LogP contribution < -0.4 is 0 Å². The van der Waals surface area contributed by atoms with Crippen LogP contribution in [0.3, 0.4) is 0 Å². The van der Waals surface area contributed by atoms with Crippen molar-refractivity contribution in [2.24, 2.45) is 12.5 Å². The molecule has 1 aliphatic carbocycles. The summed E-state index contributed by atoms with van der Waals surface area (Å²) < 4.78 is 2.10. The maximum atomic E-state index is 4.76. The van der Waals surface area contributed by atoms with Crippen molar-refractivity contribution in [2.45, 2.75) is 18.8 Å². The van der Waals surface area contributed by atoms with Gasteiger partial charge in [-0.3, -0.25) is 4.98 Å². The fourth-order valence-electron chi connectivity index (χ4n) is 4.79. The average Bonchev–Trinajstić information content (AvgIpc) is 2.95. The lowest BCUT2D eigenvalue weighted by Crippen LogP contribution is -2.60. The molecule has 122 valence electrons. The van der Waals surface area contributed by atoms with Crippen LogP contribution >= 0.6 is 0 Å². The third kappa shape index (κ3) is 2.19. The number of aromatic nitrogens is 2. The smallest absolute Gasteiger partial charge is 0.0441 e. The van der Waals surface area contributed by atoms with Gasteiger partial charge in [-0.15, -0.1) is 0 Å². The lowest BCUT2D eigenvalue weighted by atomic mass is 9.57. The first-order valence-electron chi connectivity index (χ1n) is 8.81. The molecule has 3 heteroatoms. The number of benzene rings is 1. The summed E-state index contributed by atoms with van der Waals surface area (Å²) >= 11 is 0. The molecule has 1 spiro atoms. The largest absolute Gasteiger partial charge is 0.357 e. The molecule has 0 bridgehead atoms. The van der Waals surface area contributed by atoms with Crippen LogP contribution in [0.2, 0.25) is 0 Å². The van der Waals surface area contributed by atoms with E-state index in [1.54, 1.807) is 0 Å². The van der Waals surface area contributed by atoms with Crippen LogP contribution in [0.4, 0.5) is 0 Å². The maximum Gasteiger partial charge on any atom is 0.0441 e. The van der Waals surface area contributed by atoms with E-state index >= 15 is 0 Å². The van der Waals surface area contributed by atoms with Gasteiger partial charge in [0, 0.05) is 55.7 Å². The molecule has 0 N–H and O–H groups in total. The van der Waals surface area contributed by atoms with Crippen molar-refractivity contribution >= 4 is 10.8 Å². The predicted octanol–water partition coefficient (Wildman–Crippen LogP) is 4.05. The normalized spacial score (nSPS) is 20.2. The van der Waals surface area contributed by atoms with Crippen LogP contribution in [0.15, 0.2) is 48.9 Å². The van der Waals surface area contributed by atoms with Gasteiger partial charge in [0.1, 0.15) is 0 Å². The zero-order valence-electron chi connectivity index (χ0n) is 14.4. The number of rotatable bonds is 2. The Balaban J connectivity index is 1.44. The predicted molar refractivity (Wildman–Crippen MR) is 98.1 cm³/mol. The molecule has 0 unspecified atom stereocenters. The summed E-state index contributed by atoms with van der Waals surface area (Å²) in [6.07, 6.45) is 8.95. The van der Waals surface area contributed by atoms with Crippen LogP contribution in [-0.2, 0) is 7.05 Å². The Morgan fingerprint density at radius 1 is 1.00 bits per heavy atom. The van der Waals surface area contributed by atoms with E-state index < -0.39 is 0 Å². The Morgan fingerprint density at radius 2 is 1.83 bits per heavy atom. The van der Waals surface area contributed by atoms with Gasteiger partial charge in [0.15, 0.2) is 0 Å². The molecule has 24 heavy (non-hydrogen) atoms. The van der Waals surface area contributed by atoms with Crippen LogP contribution in [0.1, 0.15) is 24.5 Å². The highest BCUT2D eigenvalue weighted by Gasteiger charge is 2.51. The Morgan fingerprint density at radius 3 is 2.54 bits per heavy atom. The van der Waals surface area contributed by atoms with Gasteiger partial charge in [-0.2, -0.15) is 0 Å². The maximum absolute atomic E-state index is 4.76. The number of fused-ring (bicyclic) bond motifs is 1. The molecule has 2 aromatic heterocycles. The Bertz CT molecular complexity index is 910. The molecule has 2 aliphatic rings. The van der Waals surface area contributed by atoms with Gasteiger partial charge in [0.25, 0.3) is 0 Å². The molecule has 0 amide bonds. The van der Waals surface area contributed by atoms with E-state index in [1.807, 2.05) is 0 Å². The number of nitrogens with zero attached hydrogens (tertiary/aromatic N) is 3. The SMILES string of the molecule is CN1CC2(CC(c3cc4cc(-c5ccn(C)c5)ccc4cn3)C2)C1. The van der Waals surface area contributed by atoms with Crippen molar-refractivity contribution in [3.8, 4) is 11.1 Å². The molecule has 3 aromatic rings. The minimum Gasteiger partial charge on any atom is -0.357 e. The van der Waals surface area contributed by atoms with Crippen LogP contribution in [0, 0.1) is 5.41 Å². The third-order valence-electron chi connectivity index (χ3n) is 5.90. The van der Waals surface area contributed by atoms with E-state index in [9.17, 15) is 0 Å². The van der Waals surface area contributed by atoms with Gasteiger partial charge in [-0.05, 0) is 60.0 Å². The van der Waals surface area contributed by atoms with Crippen LogP contribution in [0.25, 0.3) is 21.9 Å². The monoisotopic (exact) mass is 317 g/mol. The Labute approximate surface area is 142 Å². The lowest BCUT2D eigenvalue weighted by Gasteiger charge is -2.58. The molecule has 0 radical (unpaired) electrons. The second-order valence-corrected chi connectivity index (χ2v) is 8.01. The highest BCUT2D eigenvalue weighted by Crippen LogP contribution is 2.55. The average molecular weight is 317 g/mol. The summed E-state index contributed by atoms with van der Waals surface area (Å²) in [6, 6.07) is 11.2. The molecular weight excluding hydrogens is 294 g/mol. The number of hydrogen-bond acceptors (Lipinski definition) is 2. The molecule has 5 rings (SSSR count).